The van der Waals surface area contributed by atoms with Gasteiger partial charge in [-0.3, -0.25) is 9.59 Å². The fourth-order valence-corrected chi connectivity index (χ4v) is 2.31. The van der Waals surface area contributed by atoms with Crippen molar-refractivity contribution < 1.29 is 14.1 Å². The highest BCUT2D eigenvalue weighted by Crippen LogP contribution is 2.19. The molecule has 3 rings (SSSR count). The number of hydrogen-bond acceptors (Lipinski definition) is 4. The second-order valence-corrected chi connectivity index (χ2v) is 5.62. The van der Waals surface area contributed by atoms with Crippen molar-refractivity contribution in [3.63, 3.8) is 0 Å². The van der Waals surface area contributed by atoms with Gasteiger partial charge in [-0.25, -0.2) is 0 Å². The molecule has 1 heterocycles. The summed E-state index contributed by atoms with van der Waals surface area (Å²) in [5, 5.41) is 4.71. The van der Waals surface area contributed by atoms with Gasteiger partial charge < -0.3 is 4.52 Å². The van der Waals surface area contributed by atoms with Crippen LogP contribution in [0.25, 0.3) is 0 Å². The minimum Gasteiger partial charge on any atom is -0.363 e. The Morgan fingerprint density at radius 2 is 1.26 bits per heavy atom. The number of halogens is 2. The Labute approximate surface area is 141 Å². The fraction of sp³-hybridized carbons (Fsp3) is 0. The maximum atomic E-state index is 12.5. The number of aromatic nitrogens is 1. The summed E-state index contributed by atoms with van der Waals surface area (Å²) in [6, 6.07) is 12.7. The topological polar surface area (TPSA) is 60.2 Å². The first-order valence-corrected chi connectivity index (χ1v) is 7.37. The van der Waals surface area contributed by atoms with Crippen LogP contribution in [0.4, 0.5) is 0 Å². The lowest BCUT2D eigenvalue weighted by atomic mass is 9.99. The number of carbonyl (C=O) groups is 2. The summed E-state index contributed by atoms with van der Waals surface area (Å²) in [6.07, 6.45) is 1.17. The van der Waals surface area contributed by atoms with E-state index in [1.165, 1.54) is 6.26 Å². The third-order valence-electron chi connectivity index (χ3n) is 3.24. The Kier molecular flexibility index (Phi) is 4.28. The first-order chi connectivity index (χ1) is 11.1. The van der Waals surface area contributed by atoms with Crippen molar-refractivity contribution in [2.24, 2.45) is 0 Å². The number of benzene rings is 2. The first-order valence-electron chi connectivity index (χ1n) is 6.61. The van der Waals surface area contributed by atoms with Gasteiger partial charge in [-0.1, -0.05) is 28.4 Å². The fourth-order valence-electron chi connectivity index (χ4n) is 2.06. The molecule has 4 nitrogen and oxygen atoms in total. The summed E-state index contributed by atoms with van der Waals surface area (Å²) in [4.78, 5) is 25.0. The quantitative estimate of drug-likeness (QED) is 0.655. The van der Waals surface area contributed by atoms with E-state index in [4.69, 9.17) is 27.7 Å². The van der Waals surface area contributed by atoms with E-state index in [9.17, 15) is 9.59 Å². The van der Waals surface area contributed by atoms with Crippen LogP contribution in [-0.4, -0.2) is 16.7 Å². The van der Waals surface area contributed by atoms with Crippen LogP contribution >= 0.6 is 23.2 Å². The minimum absolute atomic E-state index is 0.0349. The molecule has 0 radical (unpaired) electrons. The minimum atomic E-state index is -0.410. The molecule has 6 heteroatoms. The predicted molar refractivity (Wildman–Crippen MR) is 86.3 cm³/mol. The smallest absolute Gasteiger partial charge is 0.215 e. The lowest BCUT2D eigenvalue weighted by Crippen LogP contribution is -2.10. The Balaban J connectivity index is 1.96. The van der Waals surface area contributed by atoms with Crippen molar-refractivity contribution in [3.05, 3.63) is 87.2 Å². The van der Waals surface area contributed by atoms with Crippen LogP contribution in [0.5, 0.6) is 0 Å². The number of carbonyl (C=O) groups excluding carboxylic acids is 2. The zero-order valence-electron chi connectivity index (χ0n) is 11.6. The van der Waals surface area contributed by atoms with Crippen molar-refractivity contribution in [2.75, 3.05) is 0 Å². The molecule has 114 valence electrons. The van der Waals surface area contributed by atoms with Gasteiger partial charge in [0.1, 0.15) is 6.26 Å². The molecule has 0 unspecified atom stereocenters. The number of ketones is 2. The molecular weight excluding hydrogens is 337 g/mol. The Morgan fingerprint density at radius 1 is 0.783 bits per heavy atom. The second-order valence-electron chi connectivity index (χ2n) is 4.75. The van der Waals surface area contributed by atoms with Crippen LogP contribution in [0, 0.1) is 0 Å². The zero-order chi connectivity index (χ0) is 16.4. The monoisotopic (exact) mass is 345 g/mol. The maximum absolute atomic E-state index is 12.5. The largest absolute Gasteiger partial charge is 0.363 e. The second kappa shape index (κ2) is 6.36. The molecule has 23 heavy (non-hydrogen) atoms. The zero-order valence-corrected chi connectivity index (χ0v) is 13.1. The van der Waals surface area contributed by atoms with E-state index in [0.29, 0.717) is 21.2 Å². The van der Waals surface area contributed by atoms with Crippen molar-refractivity contribution >= 4 is 34.8 Å². The molecule has 0 N–H and O–H groups in total. The van der Waals surface area contributed by atoms with E-state index in [1.54, 1.807) is 48.5 Å². The van der Waals surface area contributed by atoms with E-state index < -0.39 is 5.78 Å². The van der Waals surface area contributed by atoms with Gasteiger partial charge in [-0.2, -0.15) is 0 Å². The molecule has 0 aliphatic heterocycles. The highest BCUT2D eigenvalue weighted by Gasteiger charge is 2.23. The Hall–Kier alpha value is -2.43. The molecular formula is C17H9Cl2NO3. The van der Waals surface area contributed by atoms with Crippen molar-refractivity contribution in [1.82, 2.24) is 5.16 Å². The molecule has 0 fully saturated rings. The Bertz CT molecular complexity index is 796. The molecule has 1 aromatic heterocycles. The molecule has 2 aromatic carbocycles. The van der Waals surface area contributed by atoms with Crippen LogP contribution in [-0.2, 0) is 0 Å². The van der Waals surface area contributed by atoms with Gasteiger partial charge >= 0.3 is 0 Å². The third-order valence-corrected chi connectivity index (χ3v) is 3.75. The summed E-state index contributed by atoms with van der Waals surface area (Å²) in [7, 11) is 0. The Morgan fingerprint density at radius 3 is 1.78 bits per heavy atom. The molecule has 0 aliphatic carbocycles. The maximum Gasteiger partial charge on any atom is 0.215 e. The van der Waals surface area contributed by atoms with Crippen LogP contribution in [0.15, 0.2) is 59.3 Å². The molecule has 0 bridgehead atoms. The van der Waals surface area contributed by atoms with Gasteiger partial charge in [0.15, 0.2) is 11.5 Å². The summed E-state index contributed by atoms with van der Waals surface area (Å²) in [6.45, 7) is 0. The highest BCUT2D eigenvalue weighted by molar-refractivity contribution is 6.31. The van der Waals surface area contributed by atoms with Crippen molar-refractivity contribution in [2.45, 2.75) is 0 Å². The van der Waals surface area contributed by atoms with Gasteiger partial charge in [0.05, 0.1) is 5.56 Å². The standard InChI is InChI=1S/C17H9Cl2NO3/c18-12-5-1-10(2-6-12)16(21)14-9-23-20-15(14)17(22)11-3-7-13(19)8-4-11/h1-9H. The molecule has 0 atom stereocenters. The van der Waals surface area contributed by atoms with E-state index in [-0.39, 0.29) is 17.0 Å². The van der Waals surface area contributed by atoms with E-state index >= 15 is 0 Å². The average molecular weight is 346 g/mol. The van der Waals surface area contributed by atoms with Gasteiger partial charge in [-0.05, 0) is 48.5 Å². The van der Waals surface area contributed by atoms with E-state index in [2.05, 4.69) is 5.16 Å². The lowest BCUT2D eigenvalue weighted by molar-refractivity contribution is 0.1000. The normalized spacial score (nSPS) is 10.5. The number of nitrogens with zero attached hydrogens (tertiary/aromatic N) is 1. The van der Waals surface area contributed by atoms with Crippen LogP contribution in [0.1, 0.15) is 32.0 Å². The first kappa shape index (κ1) is 15.5. The van der Waals surface area contributed by atoms with E-state index in [1.807, 2.05) is 0 Å². The highest BCUT2D eigenvalue weighted by atomic mass is 35.5. The molecule has 0 aliphatic rings. The number of hydrogen-bond donors (Lipinski definition) is 0. The molecule has 0 amide bonds. The van der Waals surface area contributed by atoms with Gasteiger partial charge in [0, 0.05) is 21.2 Å². The average Bonchev–Trinajstić information content (AvgIpc) is 3.04. The lowest BCUT2D eigenvalue weighted by Gasteiger charge is -2.02. The molecule has 3 aromatic rings. The molecule has 0 saturated heterocycles. The van der Waals surface area contributed by atoms with Gasteiger partial charge in [0.2, 0.25) is 5.78 Å². The summed E-state index contributed by atoms with van der Waals surface area (Å²) in [5.74, 6) is -0.770. The third kappa shape index (κ3) is 3.18. The predicted octanol–water partition coefficient (Wildman–Crippen LogP) is 4.44. The van der Waals surface area contributed by atoms with E-state index in [0.717, 1.165) is 0 Å². The molecule has 0 saturated carbocycles. The van der Waals surface area contributed by atoms with Crippen molar-refractivity contribution in [3.8, 4) is 0 Å². The SMILES string of the molecule is O=C(c1ccc(Cl)cc1)c1conc1C(=O)c1ccc(Cl)cc1. The van der Waals surface area contributed by atoms with Crippen LogP contribution in [0.3, 0.4) is 0 Å². The molecule has 0 spiro atoms. The van der Waals surface area contributed by atoms with Gasteiger partial charge in [-0.15, -0.1) is 0 Å². The van der Waals surface area contributed by atoms with Crippen LogP contribution < -0.4 is 0 Å². The van der Waals surface area contributed by atoms with Crippen LogP contribution in [0.2, 0.25) is 10.0 Å². The summed E-state index contributed by atoms with van der Waals surface area (Å²) >= 11 is 11.6. The van der Waals surface area contributed by atoms with Gasteiger partial charge in [0.25, 0.3) is 0 Å². The van der Waals surface area contributed by atoms with Crippen molar-refractivity contribution in [1.29, 1.82) is 0 Å². The number of rotatable bonds is 4. The summed E-state index contributed by atoms with van der Waals surface area (Å²) in [5.41, 5.74) is 0.829. The summed E-state index contributed by atoms with van der Waals surface area (Å²) < 4.78 is 4.83.